The highest BCUT2D eigenvalue weighted by Gasteiger charge is 2.10. The quantitative estimate of drug-likeness (QED) is 0.895. The number of nitrogen functional groups attached to an aromatic ring is 1. The van der Waals surface area contributed by atoms with Gasteiger partial charge in [-0.2, -0.15) is 15.0 Å². The van der Waals surface area contributed by atoms with Crippen LogP contribution in [0.25, 0.3) is 0 Å². The zero-order valence-electron chi connectivity index (χ0n) is 12.0. The summed E-state index contributed by atoms with van der Waals surface area (Å²) in [7, 11) is 1.91. The van der Waals surface area contributed by atoms with Crippen molar-refractivity contribution in [3.05, 3.63) is 35.4 Å². The van der Waals surface area contributed by atoms with Gasteiger partial charge in [-0.1, -0.05) is 29.8 Å². The van der Waals surface area contributed by atoms with Gasteiger partial charge < -0.3 is 15.4 Å². The summed E-state index contributed by atoms with van der Waals surface area (Å²) in [6.45, 7) is 5.12. The van der Waals surface area contributed by atoms with E-state index in [1.807, 2.05) is 18.9 Å². The number of hydrogen-bond donors (Lipinski definition) is 1. The maximum Gasteiger partial charge on any atom is 0.323 e. The summed E-state index contributed by atoms with van der Waals surface area (Å²) < 4.78 is 5.27. The van der Waals surface area contributed by atoms with Gasteiger partial charge in [0.05, 0.1) is 6.61 Å². The summed E-state index contributed by atoms with van der Waals surface area (Å²) in [5, 5.41) is 0. The molecule has 2 aromatic rings. The summed E-state index contributed by atoms with van der Waals surface area (Å²) >= 11 is 0. The number of anilines is 2. The van der Waals surface area contributed by atoms with Gasteiger partial charge in [0, 0.05) is 13.6 Å². The molecule has 0 unspecified atom stereocenters. The van der Waals surface area contributed by atoms with E-state index in [1.165, 1.54) is 11.1 Å². The molecule has 0 saturated carbocycles. The fourth-order valence-corrected chi connectivity index (χ4v) is 1.76. The highest BCUT2D eigenvalue weighted by Crippen LogP contribution is 2.15. The van der Waals surface area contributed by atoms with E-state index >= 15 is 0 Å². The second kappa shape index (κ2) is 6.18. The van der Waals surface area contributed by atoms with E-state index in [0.717, 1.165) is 0 Å². The smallest absolute Gasteiger partial charge is 0.323 e. The second-order valence-corrected chi connectivity index (χ2v) is 4.55. The van der Waals surface area contributed by atoms with Crippen LogP contribution in [0.4, 0.5) is 11.9 Å². The highest BCUT2D eigenvalue weighted by atomic mass is 16.5. The van der Waals surface area contributed by atoms with Gasteiger partial charge in [0.2, 0.25) is 11.9 Å². The van der Waals surface area contributed by atoms with Crippen LogP contribution in [0, 0.1) is 6.92 Å². The SMILES string of the molecule is CCOc1nc(N)nc(N(C)Cc2ccc(C)cc2)n1. The van der Waals surface area contributed by atoms with E-state index < -0.39 is 0 Å². The summed E-state index contributed by atoms with van der Waals surface area (Å²) in [6.07, 6.45) is 0. The lowest BCUT2D eigenvalue weighted by molar-refractivity contribution is 0.312. The number of nitrogens with two attached hydrogens (primary N) is 1. The van der Waals surface area contributed by atoms with Gasteiger partial charge in [-0.3, -0.25) is 0 Å². The van der Waals surface area contributed by atoms with Crippen molar-refractivity contribution >= 4 is 11.9 Å². The van der Waals surface area contributed by atoms with E-state index in [9.17, 15) is 0 Å². The molecule has 20 heavy (non-hydrogen) atoms. The molecule has 0 aliphatic rings. The van der Waals surface area contributed by atoms with E-state index in [4.69, 9.17) is 10.5 Å². The van der Waals surface area contributed by atoms with Crippen molar-refractivity contribution < 1.29 is 4.74 Å². The zero-order valence-corrected chi connectivity index (χ0v) is 12.0. The molecule has 2 rings (SSSR count). The minimum atomic E-state index is 0.161. The Bertz CT molecular complexity index is 570. The Morgan fingerprint density at radius 2 is 1.85 bits per heavy atom. The van der Waals surface area contributed by atoms with Gasteiger partial charge in [-0.25, -0.2) is 0 Å². The number of aromatic nitrogens is 3. The summed E-state index contributed by atoms with van der Waals surface area (Å²) in [5.41, 5.74) is 8.08. The van der Waals surface area contributed by atoms with Crippen LogP contribution in [0.3, 0.4) is 0 Å². The third kappa shape index (κ3) is 3.57. The Hall–Kier alpha value is -2.37. The molecule has 106 valence electrons. The summed E-state index contributed by atoms with van der Waals surface area (Å²) in [4.78, 5) is 14.2. The van der Waals surface area contributed by atoms with Gasteiger partial charge in [-0.15, -0.1) is 0 Å². The number of hydrogen-bond acceptors (Lipinski definition) is 6. The average Bonchev–Trinajstić information content (AvgIpc) is 2.41. The van der Waals surface area contributed by atoms with Gasteiger partial charge in [0.1, 0.15) is 0 Å². The van der Waals surface area contributed by atoms with Crippen molar-refractivity contribution in [3.63, 3.8) is 0 Å². The third-order valence-corrected chi connectivity index (χ3v) is 2.78. The molecule has 6 heteroatoms. The summed E-state index contributed by atoms with van der Waals surface area (Å²) in [6, 6.07) is 8.58. The minimum absolute atomic E-state index is 0.161. The van der Waals surface area contributed by atoms with Gasteiger partial charge in [0.25, 0.3) is 0 Å². The second-order valence-electron chi connectivity index (χ2n) is 4.55. The molecule has 0 aliphatic heterocycles. The van der Waals surface area contributed by atoms with Crippen LogP contribution < -0.4 is 15.4 Å². The number of aryl methyl sites for hydroxylation is 1. The minimum Gasteiger partial charge on any atom is -0.464 e. The lowest BCUT2D eigenvalue weighted by Crippen LogP contribution is -2.20. The van der Waals surface area contributed by atoms with Gasteiger partial charge in [0.15, 0.2) is 0 Å². The maximum absolute atomic E-state index is 5.67. The van der Waals surface area contributed by atoms with E-state index in [1.54, 1.807) is 0 Å². The molecular formula is C14H19N5O. The van der Waals surface area contributed by atoms with Crippen LogP contribution in [0.15, 0.2) is 24.3 Å². The first-order chi connectivity index (χ1) is 9.58. The van der Waals surface area contributed by atoms with Crippen molar-refractivity contribution in [3.8, 4) is 6.01 Å². The lowest BCUT2D eigenvalue weighted by atomic mass is 10.1. The third-order valence-electron chi connectivity index (χ3n) is 2.78. The summed E-state index contributed by atoms with van der Waals surface area (Å²) in [5.74, 6) is 0.663. The molecule has 1 aromatic heterocycles. The molecule has 6 nitrogen and oxygen atoms in total. The van der Waals surface area contributed by atoms with Crippen molar-refractivity contribution in [2.24, 2.45) is 0 Å². The molecule has 0 fully saturated rings. The van der Waals surface area contributed by atoms with Crippen LogP contribution in [-0.4, -0.2) is 28.6 Å². The van der Waals surface area contributed by atoms with E-state index in [2.05, 4.69) is 46.1 Å². The molecule has 2 N–H and O–H groups in total. The normalized spacial score (nSPS) is 10.3. The number of benzene rings is 1. The largest absolute Gasteiger partial charge is 0.464 e. The first kappa shape index (κ1) is 14.0. The van der Waals surface area contributed by atoms with E-state index in [-0.39, 0.29) is 12.0 Å². The monoisotopic (exact) mass is 273 g/mol. The number of rotatable bonds is 5. The fraction of sp³-hybridized carbons (Fsp3) is 0.357. The van der Waals surface area contributed by atoms with Crippen LogP contribution in [0.5, 0.6) is 6.01 Å². The molecule has 0 radical (unpaired) electrons. The molecule has 1 aromatic carbocycles. The van der Waals surface area contributed by atoms with Crippen molar-refractivity contribution in [1.29, 1.82) is 0 Å². The first-order valence-corrected chi connectivity index (χ1v) is 6.49. The Morgan fingerprint density at radius 1 is 1.15 bits per heavy atom. The van der Waals surface area contributed by atoms with Crippen molar-refractivity contribution in [2.45, 2.75) is 20.4 Å². The Labute approximate surface area is 118 Å². The average molecular weight is 273 g/mol. The standard InChI is InChI=1S/C14H19N5O/c1-4-20-14-17-12(15)16-13(18-14)19(3)9-11-7-5-10(2)6-8-11/h5-8H,4,9H2,1-3H3,(H2,15,16,17,18). The predicted octanol–water partition coefficient (Wildman–Crippen LogP) is 1.80. The molecule has 0 saturated heterocycles. The van der Waals surface area contributed by atoms with Crippen LogP contribution >= 0.6 is 0 Å². The Morgan fingerprint density at radius 3 is 2.50 bits per heavy atom. The molecule has 1 heterocycles. The van der Waals surface area contributed by atoms with Gasteiger partial charge >= 0.3 is 6.01 Å². The Balaban J connectivity index is 2.15. The van der Waals surface area contributed by atoms with Gasteiger partial charge in [-0.05, 0) is 19.4 Å². The number of ether oxygens (including phenoxy) is 1. The lowest BCUT2D eigenvalue weighted by Gasteiger charge is -2.17. The van der Waals surface area contributed by atoms with Crippen LogP contribution in [0.2, 0.25) is 0 Å². The van der Waals surface area contributed by atoms with Crippen molar-refractivity contribution in [2.75, 3.05) is 24.3 Å². The van der Waals surface area contributed by atoms with E-state index in [0.29, 0.717) is 19.1 Å². The van der Waals surface area contributed by atoms with Crippen molar-refractivity contribution in [1.82, 2.24) is 15.0 Å². The highest BCUT2D eigenvalue weighted by molar-refractivity contribution is 5.36. The zero-order chi connectivity index (χ0) is 14.5. The van der Waals surface area contributed by atoms with Crippen LogP contribution in [0.1, 0.15) is 18.1 Å². The fourth-order valence-electron chi connectivity index (χ4n) is 1.76. The molecule has 0 bridgehead atoms. The molecule has 0 aliphatic carbocycles. The number of nitrogens with zero attached hydrogens (tertiary/aromatic N) is 4. The maximum atomic E-state index is 5.67. The molecule has 0 amide bonds. The Kier molecular flexibility index (Phi) is 4.34. The van der Waals surface area contributed by atoms with Crippen LogP contribution in [-0.2, 0) is 6.54 Å². The first-order valence-electron chi connectivity index (χ1n) is 6.49. The predicted molar refractivity (Wildman–Crippen MR) is 78.7 cm³/mol. The topological polar surface area (TPSA) is 77.2 Å². The molecule has 0 atom stereocenters. The molecule has 0 spiro atoms. The molecular weight excluding hydrogens is 254 g/mol.